The lowest BCUT2D eigenvalue weighted by atomic mass is 9.67. The number of hydrogen-bond acceptors (Lipinski definition) is 2. The molecule has 0 radical (unpaired) electrons. The van der Waals surface area contributed by atoms with Crippen LogP contribution in [0.2, 0.25) is 0 Å². The molecule has 1 saturated heterocycles. The first-order chi connectivity index (χ1) is 13.7. The van der Waals surface area contributed by atoms with E-state index in [1.165, 1.54) is 0 Å². The van der Waals surface area contributed by atoms with Crippen LogP contribution in [0.1, 0.15) is 29.7 Å². The topological polar surface area (TPSA) is 40.5 Å². The van der Waals surface area contributed by atoms with Crippen molar-refractivity contribution in [2.24, 2.45) is 5.92 Å². The molecule has 1 aliphatic rings. The van der Waals surface area contributed by atoms with E-state index in [-0.39, 0.29) is 24.5 Å². The Balaban J connectivity index is 1.87. The van der Waals surface area contributed by atoms with E-state index in [1.54, 1.807) is 0 Å². The average Bonchev–Trinajstić information content (AvgIpc) is 3.08. The molecule has 0 saturated carbocycles. The fourth-order valence-corrected chi connectivity index (χ4v) is 4.59. The summed E-state index contributed by atoms with van der Waals surface area (Å²) in [6.45, 7) is 2.54. The van der Waals surface area contributed by atoms with E-state index in [4.69, 9.17) is 0 Å². The molecule has 3 heteroatoms. The molecule has 3 nitrogen and oxygen atoms in total. The molecule has 0 unspecified atom stereocenters. The lowest BCUT2D eigenvalue weighted by Gasteiger charge is -2.34. The lowest BCUT2D eigenvalue weighted by molar-refractivity contribution is -0.133. The Kier molecular flexibility index (Phi) is 5.01. The first-order valence-corrected chi connectivity index (χ1v) is 9.77. The summed E-state index contributed by atoms with van der Waals surface area (Å²) in [5.41, 5.74) is 2.10. The second kappa shape index (κ2) is 7.61. The van der Waals surface area contributed by atoms with Gasteiger partial charge in [0.25, 0.3) is 0 Å². The number of aliphatic hydroxyl groups excluding tert-OH is 1. The van der Waals surface area contributed by atoms with Gasteiger partial charge in [-0.3, -0.25) is 4.79 Å². The van der Waals surface area contributed by atoms with Gasteiger partial charge in [-0.15, -0.1) is 0 Å². The predicted molar refractivity (Wildman–Crippen MR) is 111 cm³/mol. The van der Waals surface area contributed by atoms with E-state index in [1.807, 2.05) is 83.8 Å². The summed E-state index contributed by atoms with van der Waals surface area (Å²) in [6.07, 6.45) is 0. The van der Waals surface area contributed by atoms with Gasteiger partial charge >= 0.3 is 0 Å². The monoisotopic (exact) mass is 371 g/mol. The summed E-state index contributed by atoms with van der Waals surface area (Å²) in [6, 6.07) is 29.8. The van der Waals surface area contributed by atoms with Gasteiger partial charge < -0.3 is 10.0 Å². The Morgan fingerprint density at radius 1 is 0.893 bits per heavy atom. The van der Waals surface area contributed by atoms with Gasteiger partial charge in [-0.05, 0) is 23.6 Å². The summed E-state index contributed by atoms with van der Waals surface area (Å²) in [5.74, 6) is -0.156. The fourth-order valence-electron chi connectivity index (χ4n) is 4.59. The van der Waals surface area contributed by atoms with E-state index in [0.717, 1.165) is 16.7 Å². The number of aliphatic hydroxyl groups is 1. The second-order valence-electron chi connectivity index (χ2n) is 7.46. The quantitative estimate of drug-likeness (QED) is 0.731. The van der Waals surface area contributed by atoms with E-state index in [0.29, 0.717) is 6.54 Å². The summed E-state index contributed by atoms with van der Waals surface area (Å²) in [5, 5.41) is 10.3. The van der Waals surface area contributed by atoms with Crippen molar-refractivity contribution < 1.29 is 9.90 Å². The first kappa shape index (κ1) is 18.5. The molecule has 1 amide bonds. The van der Waals surface area contributed by atoms with Crippen molar-refractivity contribution in [1.82, 2.24) is 4.90 Å². The zero-order valence-corrected chi connectivity index (χ0v) is 16.0. The summed E-state index contributed by atoms with van der Waals surface area (Å²) in [7, 11) is 0. The highest BCUT2D eigenvalue weighted by atomic mass is 16.3. The van der Waals surface area contributed by atoms with Crippen molar-refractivity contribution in [3.8, 4) is 0 Å². The Hall–Kier alpha value is -2.91. The van der Waals surface area contributed by atoms with Crippen molar-refractivity contribution in [2.75, 3.05) is 13.2 Å². The number of rotatable bonds is 5. The molecule has 0 aromatic heterocycles. The number of nitrogens with zero attached hydrogens (tertiary/aromatic N) is 1. The summed E-state index contributed by atoms with van der Waals surface area (Å²) in [4.78, 5) is 16.0. The van der Waals surface area contributed by atoms with Crippen LogP contribution in [-0.2, 0) is 10.2 Å². The normalized spacial score (nSPS) is 19.6. The van der Waals surface area contributed by atoms with Gasteiger partial charge in [-0.2, -0.15) is 0 Å². The van der Waals surface area contributed by atoms with Crippen LogP contribution in [0.5, 0.6) is 0 Å². The van der Waals surface area contributed by atoms with E-state index in [9.17, 15) is 9.90 Å². The molecule has 2 atom stereocenters. The smallest absolute Gasteiger partial charge is 0.238 e. The maximum Gasteiger partial charge on any atom is 0.238 e. The zero-order chi connectivity index (χ0) is 19.6. The van der Waals surface area contributed by atoms with E-state index < -0.39 is 5.41 Å². The Morgan fingerprint density at radius 3 is 1.82 bits per heavy atom. The number of likely N-dealkylation sites (tertiary alicyclic amines) is 1. The van der Waals surface area contributed by atoms with Crippen molar-refractivity contribution in [3.63, 3.8) is 0 Å². The minimum absolute atomic E-state index is 0.0481. The molecule has 28 heavy (non-hydrogen) atoms. The first-order valence-electron chi connectivity index (χ1n) is 9.77. The molecule has 0 spiro atoms. The van der Waals surface area contributed by atoms with Crippen LogP contribution >= 0.6 is 0 Å². The van der Waals surface area contributed by atoms with Gasteiger partial charge in [-0.1, -0.05) is 91.0 Å². The molecular weight excluding hydrogens is 346 g/mol. The van der Waals surface area contributed by atoms with Crippen LogP contribution in [-0.4, -0.2) is 29.1 Å². The van der Waals surface area contributed by atoms with Crippen LogP contribution < -0.4 is 0 Å². The van der Waals surface area contributed by atoms with Gasteiger partial charge in [0.15, 0.2) is 0 Å². The summed E-state index contributed by atoms with van der Waals surface area (Å²) >= 11 is 0. The highest BCUT2D eigenvalue weighted by molar-refractivity contribution is 5.95. The molecule has 1 fully saturated rings. The Bertz CT molecular complexity index is 885. The number of benzene rings is 3. The lowest BCUT2D eigenvalue weighted by Crippen LogP contribution is -2.43. The second-order valence-corrected chi connectivity index (χ2v) is 7.46. The zero-order valence-electron chi connectivity index (χ0n) is 16.0. The molecule has 1 N–H and O–H groups in total. The number of hydrogen-bond donors (Lipinski definition) is 1. The number of carbonyl (C=O) groups excluding carboxylic acids is 1. The van der Waals surface area contributed by atoms with Crippen LogP contribution in [0.15, 0.2) is 91.0 Å². The minimum atomic E-state index is -0.875. The highest BCUT2D eigenvalue weighted by Gasteiger charge is 2.56. The Labute approximate surface area is 166 Å². The van der Waals surface area contributed by atoms with Gasteiger partial charge in [0.2, 0.25) is 5.91 Å². The third kappa shape index (κ3) is 2.83. The molecule has 3 aromatic carbocycles. The van der Waals surface area contributed by atoms with Gasteiger partial charge in [0, 0.05) is 19.1 Å². The Morgan fingerprint density at radius 2 is 1.36 bits per heavy atom. The highest BCUT2D eigenvalue weighted by Crippen LogP contribution is 2.47. The third-order valence-corrected chi connectivity index (χ3v) is 6.06. The van der Waals surface area contributed by atoms with Crippen molar-refractivity contribution in [2.45, 2.75) is 18.4 Å². The molecule has 3 aromatic rings. The van der Waals surface area contributed by atoms with Gasteiger partial charge in [0.1, 0.15) is 5.41 Å². The molecular formula is C25H25NO2. The SMILES string of the molecule is C[C@@H](c1ccccc1)N1C[C@@H](CO)C(c2ccccc2)(c2ccccc2)C1=O. The molecule has 142 valence electrons. The largest absolute Gasteiger partial charge is 0.396 e. The average molecular weight is 371 g/mol. The maximum absolute atomic E-state index is 14.0. The van der Waals surface area contributed by atoms with Crippen LogP contribution in [0.3, 0.4) is 0 Å². The van der Waals surface area contributed by atoms with Crippen LogP contribution in [0, 0.1) is 5.92 Å². The predicted octanol–water partition coefficient (Wildman–Crippen LogP) is 4.18. The molecule has 1 aliphatic heterocycles. The van der Waals surface area contributed by atoms with Crippen LogP contribution in [0.4, 0.5) is 0 Å². The molecule has 1 heterocycles. The van der Waals surface area contributed by atoms with Crippen molar-refractivity contribution >= 4 is 5.91 Å². The number of carbonyl (C=O) groups is 1. The molecule has 0 bridgehead atoms. The molecule has 4 rings (SSSR count). The number of amides is 1. The van der Waals surface area contributed by atoms with E-state index in [2.05, 4.69) is 19.1 Å². The molecule has 0 aliphatic carbocycles. The van der Waals surface area contributed by atoms with Crippen molar-refractivity contribution in [3.05, 3.63) is 108 Å². The maximum atomic E-state index is 14.0. The van der Waals surface area contributed by atoms with E-state index >= 15 is 0 Å². The van der Waals surface area contributed by atoms with Gasteiger partial charge in [0.05, 0.1) is 6.04 Å². The van der Waals surface area contributed by atoms with Crippen LogP contribution in [0.25, 0.3) is 0 Å². The van der Waals surface area contributed by atoms with Gasteiger partial charge in [-0.25, -0.2) is 0 Å². The standard InChI is InChI=1S/C25H25NO2/c1-19(20-11-5-2-6-12-20)26-17-23(18-27)25(24(26)28,21-13-7-3-8-14-21)22-15-9-4-10-16-22/h2-16,19,23,27H,17-18H2,1H3/t19-,23-/m0/s1. The minimum Gasteiger partial charge on any atom is -0.396 e. The summed E-state index contributed by atoms with van der Waals surface area (Å²) < 4.78 is 0. The third-order valence-electron chi connectivity index (χ3n) is 6.06. The van der Waals surface area contributed by atoms with Crippen molar-refractivity contribution in [1.29, 1.82) is 0 Å². The fraction of sp³-hybridized carbons (Fsp3) is 0.240.